The van der Waals surface area contributed by atoms with Gasteiger partial charge in [0, 0.05) is 0 Å². The fourth-order valence-corrected chi connectivity index (χ4v) is 1.04. The molecular weight excluding hydrogens is 249 g/mol. The SMILES string of the molecule is O=[N+]([O-])c1c(OC(F)(F)F)ncc(O)c1CO. The lowest BCUT2D eigenvalue weighted by molar-refractivity contribution is -0.390. The third kappa shape index (κ3) is 2.93. The van der Waals surface area contributed by atoms with Crippen LogP contribution in [0.2, 0.25) is 0 Å². The standard InChI is InChI=1S/C7H5F3N2O5/c8-7(9,10)17-6-5(12(15)16)3(2-13)4(14)1-11-6/h1,13-14H,2H2. The van der Waals surface area contributed by atoms with Crippen LogP contribution in [0.25, 0.3) is 0 Å². The van der Waals surface area contributed by atoms with Crippen LogP contribution in [0.5, 0.6) is 11.6 Å². The van der Waals surface area contributed by atoms with E-state index in [1.165, 1.54) is 0 Å². The van der Waals surface area contributed by atoms with Crippen molar-refractivity contribution in [1.82, 2.24) is 4.98 Å². The number of rotatable bonds is 3. The highest BCUT2D eigenvalue weighted by Gasteiger charge is 2.37. The van der Waals surface area contributed by atoms with Gasteiger partial charge >= 0.3 is 17.9 Å². The van der Waals surface area contributed by atoms with E-state index in [9.17, 15) is 23.3 Å². The number of hydrogen-bond acceptors (Lipinski definition) is 6. The molecule has 10 heteroatoms. The summed E-state index contributed by atoms with van der Waals surface area (Å²) in [5.41, 5.74) is -1.94. The number of aromatic hydroxyl groups is 1. The van der Waals surface area contributed by atoms with E-state index in [-0.39, 0.29) is 0 Å². The van der Waals surface area contributed by atoms with E-state index < -0.39 is 40.8 Å². The topological polar surface area (TPSA) is 106 Å². The molecule has 0 aliphatic heterocycles. The Bertz CT molecular complexity index is 448. The van der Waals surface area contributed by atoms with Crippen molar-refractivity contribution in [3.8, 4) is 11.6 Å². The Morgan fingerprint density at radius 2 is 2.12 bits per heavy atom. The molecule has 0 unspecified atom stereocenters. The zero-order chi connectivity index (χ0) is 13.2. The van der Waals surface area contributed by atoms with Gasteiger partial charge in [0.05, 0.1) is 17.7 Å². The van der Waals surface area contributed by atoms with Crippen LogP contribution in [-0.2, 0) is 6.61 Å². The van der Waals surface area contributed by atoms with E-state index in [0.717, 1.165) is 0 Å². The molecule has 0 spiro atoms. The maximum Gasteiger partial charge on any atom is 0.574 e. The summed E-state index contributed by atoms with van der Waals surface area (Å²) >= 11 is 0. The van der Waals surface area contributed by atoms with Crippen LogP contribution in [-0.4, -0.2) is 26.5 Å². The number of aliphatic hydroxyl groups excluding tert-OH is 1. The van der Waals surface area contributed by atoms with Crippen LogP contribution in [0.1, 0.15) is 5.56 Å². The van der Waals surface area contributed by atoms with Crippen LogP contribution < -0.4 is 4.74 Å². The number of halogens is 3. The Morgan fingerprint density at radius 1 is 1.53 bits per heavy atom. The van der Waals surface area contributed by atoms with E-state index >= 15 is 0 Å². The average Bonchev–Trinajstić information content (AvgIpc) is 2.17. The largest absolute Gasteiger partial charge is 0.574 e. The zero-order valence-electron chi connectivity index (χ0n) is 7.93. The molecule has 7 nitrogen and oxygen atoms in total. The Morgan fingerprint density at radius 3 is 2.53 bits per heavy atom. The van der Waals surface area contributed by atoms with Crippen molar-refractivity contribution >= 4 is 5.69 Å². The van der Waals surface area contributed by atoms with Gasteiger partial charge in [-0.1, -0.05) is 0 Å². The zero-order valence-corrected chi connectivity index (χ0v) is 7.93. The summed E-state index contributed by atoms with van der Waals surface area (Å²) in [6, 6.07) is 0. The van der Waals surface area contributed by atoms with Crippen LogP contribution >= 0.6 is 0 Å². The summed E-state index contributed by atoms with van der Waals surface area (Å²) in [6.07, 6.45) is -4.65. The molecule has 0 aliphatic rings. The second-order valence-corrected chi connectivity index (χ2v) is 2.74. The number of ether oxygens (including phenoxy) is 1. The Hall–Kier alpha value is -2.10. The summed E-state index contributed by atoms with van der Waals surface area (Å²) in [5, 5.41) is 28.4. The highest BCUT2D eigenvalue weighted by Crippen LogP contribution is 2.36. The van der Waals surface area contributed by atoms with Crippen molar-refractivity contribution in [1.29, 1.82) is 0 Å². The predicted octanol–water partition coefficient (Wildman–Crippen LogP) is 1.09. The first kappa shape index (κ1) is 13.0. The maximum atomic E-state index is 11.9. The van der Waals surface area contributed by atoms with E-state index in [0.29, 0.717) is 6.20 Å². The van der Waals surface area contributed by atoms with E-state index in [2.05, 4.69) is 9.72 Å². The molecule has 1 aromatic heterocycles. The van der Waals surface area contributed by atoms with Gasteiger partial charge in [-0.2, -0.15) is 0 Å². The second-order valence-electron chi connectivity index (χ2n) is 2.74. The number of nitro groups is 1. The second kappa shape index (κ2) is 4.41. The summed E-state index contributed by atoms with van der Waals surface area (Å²) in [6.45, 7) is -1.03. The number of nitrogens with zero attached hydrogens (tertiary/aromatic N) is 2. The predicted molar refractivity (Wildman–Crippen MR) is 45.2 cm³/mol. The van der Waals surface area contributed by atoms with Crippen LogP contribution in [0.3, 0.4) is 0 Å². The Kier molecular flexibility index (Phi) is 3.36. The van der Waals surface area contributed by atoms with Gasteiger partial charge < -0.3 is 14.9 Å². The van der Waals surface area contributed by atoms with Gasteiger partial charge in [0.15, 0.2) is 0 Å². The average molecular weight is 254 g/mol. The molecule has 0 atom stereocenters. The number of hydrogen-bond donors (Lipinski definition) is 2. The third-order valence-electron chi connectivity index (χ3n) is 1.65. The third-order valence-corrected chi connectivity index (χ3v) is 1.65. The normalized spacial score (nSPS) is 11.3. The summed E-state index contributed by atoms with van der Waals surface area (Å²) in [4.78, 5) is 12.2. The quantitative estimate of drug-likeness (QED) is 0.617. The maximum absolute atomic E-state index is 11.9. The molecule has 1 aromatic rings. The molecule has 0 bridgehead atoms. The summed E-state index contributed by atoms with van der Waals surface area (Å²) < 4.78 is 39.1. The lowest BCUT2D eigenvalue weighted by Crippen LogP contribution is -2.19. The van der Waals surface area contributed by atoms with Crippen molar-refractivity contribution in [2.45, 2.75) is 13.0 Å². The molecule has 1 rings (SSSR count). The first-order valence-electron chi connectivity index (χ1n) is 3.98. The molecule has 17 heavy (non-hydrogen) atoms. The lowest BCUT2D eigenvalue weighted by atomic mass is 10.2. The molecule has 0 aromatic carbocycles. The number of aliphatic hydroxyl groups is 1. The van der Waals surface area contributed by atoms with Gasteiger partial charge in [-0.15, -0.1) is 13.2 Å². The molecule has 1 heterocycles. The number of alkyl halides is 3. The smallest absolute Gasteiger partial charge is 0.506 e. The van der Waals surface area contributed by atoms with Crippen molar-refractivity contribution in [3.05, 3.63) is 21.9 Å². The van der Waals surface area contributed by atoms with Gasteiger partial charge in [0.1, 0.15) is 11.3 Å². The van der Waals surface area contributed by atoms with Crippen molar-refractivity contribution in [2.75, 3.05) is 0 Å². The molecule has 0 saturated carbocycles. The van der Waals surface area contributed by atoms with Crippen LogP contribution in [0, 0.1) is 10.1 Å². The highest BCUT2D eigenvalue weighted by molar-refractivity contribution is 5.53. The molecule has 0 aliphatic carbocycles. The summed E-state index contributed by atoms with van der Waals surface area (Å²) in [5.74, 6) is -2.14. The summed E-state index contributed by atoms with van der Waals surface area (Å²) in [7, 11) is 0. The number of pyridine rings is 1. The monoisotopic (exact) mass is 254 g/mol. The van der Waals surface area contributed by atoms with Gasteiger partial charge in [-0.3, -0.25) is 10.1 Å². The van der Waals surface area contributed by atoms with Gasteiger partial charge in [0.25, 0.3) is 0 Å². The minimum atomic E-state index is -5.17. The van der Waals surface area contributed by atoms with Crippen molar-refractivity contribution in [2.24, 2.45) is 0 Å². The molecule has 0 fully saturated rings. The van der Waals surface area contributed by atoms with Crippen molar-refractivity contribution < 1.29 is 33.0 Å². The lowest BCUT2D eigenvalue weighted by Gasteiger charge is -2.10. The first-order chi connectivity index (χ1) is 7.76. The van der Waals surface area contributed by atoms with Gasteiger partial charge in [-0.25, -0.2) is 4.98 Å². The van der Waals surface area contributed by atoms with Gasteiger partial charge in [0.2, 0.25) is 0 Å². The number of aromatic nitrogens is 1. The minimum absolute atomic E-state index is 0.514. The van der Waals surface area contributed by atoms with Gasteiger partial charge in [-0.05, 0) is 0 Å². The molecule has 94 valence electrons. The van der Waals surface area contributed by atoms with E-state index in [1.807, 2.05) is 0 Å². The van der Waals surface area contributed by atoms with Crippen LogP contribution in [0.4, 0.5) is 18.9 Å². The first-order valence-corrected chi connectivity index (χ1v) is 3.98. The fraction of sp³-hybridized carbons (Fsp3) is 0.286. The molecule has 0 saturated heterocycles. The van der Waals surface area contributed by atoms with Crippen molar-refractivity contribution in [3.63, 3.8) is 0 Å². The molecule has 0 radical (unpaired) electrons. The van der Waals surface area contributed by atoms with E-state index in [4.69, 9.17) is 10.2 Å². The van der Waals surface area contributed by atoms with Crippen LogP contribution in [0.15, 0.2) is 6.20 Å². The Balaban J connectivity index is 3.36. The molecule has 2 N–H and O–H groups in total. The Labute approximate surface area is 91.2 Å². The highest BCUT2D eigenvalue weighted by atomic mass is 19.4. The molecular formula is C7H5F3N2O5. The minimum Gasteiger partial charge on any atom is -0.506 e. The fourth-order valence-electron chi connectivity index (χ4n) is 1.04. The molecule has 0 amide bonds. The van der Waals surface area contributed by atoms with E-state index in [1.54, 1.807) is 0 Å².